The van der Waals surface area contributed by atoms with Crippen LogP contribution < -0.4 is 15.4 Å². The van der Waals surface area contributed by atoms with Gasteiger partial charge in [-0.05, 0) is 37.5 Å². The molecule has 0 fully saturated rings. The molecule has 0 bridgehead atoms. The standard InChI is InChI=1S/C16H24N2O3/c1-12-8-9-14(15(11-12)21-3)18-16(20)7-5-4-6-10-17-13(2)19/h8-9,11H,4-7,10H2,1-3H3,(H,17,19)(H,18,20). The first-order chi connectivity index (χ1) is 10.0. The number of aryl methyl sites for hydroxylation is 1. The molecule has 1 rings (SSSR count). The van der Waals surface area contributed by atoms with Gasteiger partial charge in [0.25, 0.3) is 0 Å². The summed E-state index contributed by atoms with van der Waals surface area (Å²) >= 11 is 0. The predicted molar refractivity (Wildman–Crippen MR) is 83.5 cm³/mol. The van der Waals surface area contributed by atoms with Crippen molar-refractivity contribution >= 4 is 17.5 Å². The van der Waals surface area contributed by atoms with Crippen molar-refractivity contribution in [1.29, 1.82) is 0 Å². The fraction of sp³-hybridized carbons (Fsp3) is 0.500. The molecule has 1 aromatic rings. The first kappa shape index (κ1) is 17.0. The second-order valence-corrected chi connectivity index (χ2v) is 5.05. The summed E-state index contributed by atoms with van der Waals surface area (Å²) in [5, 5.41) is 5.60. The molecular formula is C16H24N2O3. The number of methoxy groups -OCH3 is 1. The molecule has 5 heteroatoms. The van der Waals surface area contributed by atoms with E-state index in [2.05, 4.69) is 10.6 Å². The third-order valence-electron chi connectivity index (χ3n) is 3.09. The Balaban J connectivity index is 2.29. The molecule has 116 valence electrons. The van der Waals surface area contributed by atoms with Crippen molar-refractivity contribution in [1.82, 2.24) is 5.32 Å². The average molecular weight is 292 g/mol. The summed E-state index contributed by atoms with van der Waals surface area (Å²) in [6, 6.07) is 5.68. The van der Waals surface area contributed by atoms with Crippen LogP contribution in [0.1, 0.15) is 38.2 Å². The highest BCUT2D eigenvalue weighted by atomic mass is 16.5. The summed E-state index contributed by atoms with van der Waals surface area (Å²) in [7, 11) is 1.59. The van der Waals surface area contributed by atoms with Gasteiger partial charge in [-0.2, -0.15) is 0 Å². The molecule has 5 nitrogen and oxygen atoms in total. The highest BCUT2D eigenvalue weighted by Crippen LogP contribution is 2.25. The number of hydrogen-bond acceptors (Lipinski definition) is 3. The Morgan fingerprint density at radius 3 is 2.62 bits per heavy atom. The zero-order valence-corrected chi connectivity index (χ0v) is 13.0. The Labute approximate surface area is 126 Å². The van der Waals surface area contributed by atoms with Crippen LogP contribution in [0.2, 0.25) is 0 Å². The van der Waals surface area contributed by atoms with Gasteiger partial charge in [0.15, 0.2) is 0 Å². The lowest BCUT2D eigenvalue weighted by atomic mass is 10.1. The minimum absolute atomic E-state index is 0.0146. The summed E-state index contributed by atoms with van der Waals surface area (Å²) in [6.45, 7) is 4.15. The summed E-state index contributed by atoms with van der Waals surface area (Å²) in [4.78, 5) is 22.6. The first-order valence-corrected chi connectivity index (χ1v) is 7.22. The van der Waals surface area contributed by atoms with E-state index in [4.69, 9.17) is 4.74 Å². The van der Waals surface area contributed by atoms with Gasteiger partial charge in [0, 0.05) is 19.9 Å². The largest absolute Gasteiger partial charge is 0.495 e. The van der Waals surface area contributed by atoms with Crippen molar-refractivity contribution < 1.29 is 14.3 Å². The maximum absolute atomic E-state index is 11.9. The van der Waals surface area contributed by atoms with Crippen LogP contribution in [0.4, 0.5) is 5.69 Å². The summed E-state index contributed by atoms with van der Waals surface area (Å²) in [5.41, 5.74) is 1.79. The number of nitrogens with one attached hydrogen (secondary N) is 2. The third kappa shape index (κ3) is 6.79. The molecule has 0 unspecified atom stereocenters. The lowest BCUT2D eigenvalue weighted by Crippen LogP contribution is -2.20. The quantitative estimate of drug-likeness (QED) is 0.724. The SMILES string of the molecule is COc1cc(C)ccc1NC(=O)CCCCCNC(C)=O. The minimum atomic E-state index is -0.0170. The Kier molecular flexibility index (Phi) is 7.29. The second kappa shape index (κ2) is 9.00. The highest BCUT2D eigenvalue weighted by molar-refractivity contribution is 5.92. The van der Waals surface area contributed by atoms with Gasteiger partial charge >= 0.3 is 0 Å². The van der Waals surface area contributed by atoms with E-state index in [1.165, 1.54) is 6.92 Å². The van der Waals surface area contributed by atoms with Crippen LogP contribution in [-0.2, 0) is 9.59 Å². The Morgan fingerprint density at radius 2 is 1.95 bits per heavy atom. The average Bonchev–Trinajstić information content (AvgIpc) is 2.44. The number of benzene rings is 1. The molecule has 0 saturated carbocycles. The van der Waals surface area contributed by atoms with Gasteiger partial charge in [0.05, 0.1) is 12.8 Å². The number of amides is 2. The molecule has 0 heterocycles. The lowest BCUT2D eigenvalue weighted by molar-refractivity contribution is -0.119. The first-order valence-electron chi connectivity index (χ1n) is 7.22. The molecule has 0 aromatic heterocycles. The van der Waals surface area contributed by atoms with E-state index in [9.17, 15) is 9.59 Å². The Bertz CT molecular complexity index is 486. The summed E-state index contributed by atoms with van der Waals surface area (Å²) < 4.78 is 5.25. The fourth-order valence-corrected chi connectivity index (χ4v) is 1.97. The van der Waals surface area contributed by atoms with Crippen molar-refractivity contribution in [2.24, 2.45) is 0 Å². The van der Waals surface area contributed by atoms with E-state index < -0.39 is 0 Å². The topological polar surface area (TPSA) is 67.4 Å². The van der Waals surface area contributed by atoms with Crippen LogP contribution in [0.5, 0.6) is 5.75 Å². The second-order valence-electron chi connectivity index (χ2n) is 5.05. The summed E-state index contributed by atoms with van der Waals surface area (Å²) in [6.07, 6.45) is 3.08. The molecule has 2 amide bonds. The van der Waals surface area contributed by atoms with Gasteiger partial charge in [-0.25, -0.2) is 0 Å². The maximum Gasteiger partial charge on any atom is 0.224 e. The van der Waals surface area contributed by atoms with Crippen LogP contribution in [0.3, 0.4) is 0 Å². The van der Waals surface area contributed by atoms with Crippen LogP contribution in [-0.4, -0.2) is 25.5 Å². The van der Waals surface area contributed by atoms with Gasteiger partial charge < -0.3 is 15.4 Å². The monoisotopic (exact) mass is 292 g/mol. The minimum Gasteiger partial charge on any atom is -0.495 e. The van der Waals surface area contributed by atoms with Crippen molar-refractivity contribution in [3.8, 4) is 5.75 Å². The van der Waals surface area contributed by atoms with Gasteiger partial charge in [0.1, 0.15) is 5.75 Å². The van der Waals surface area contributed by atoms with Crippen molar-refractivity contribution in [3.05, 3.63) is 23.8 Å². The van der Waals surface area contributed by atoms with Gasteiger partial charge in [-0.1, -0.05) is 12.5 Å². The van der Waals surface area contributed by atoms with E-state index in [1.807, 2.05) is 25.1 Å². The van der Waals surface area contributed by atoms with Gasteiger partial charge in [0.2, 0.25) is 11.8 Å². The van der Waals surface area contributed by atoms with E-state index in [1.54, 1.807) is 7.11 Å². The van der Waals surface area contributed by atoms with E-state index in [0.717, 1.165) is 24.8 Å². The van der Waals surface area contributed by atoms with Crippen LogP contribution in [0.25, 0.3) is 0 Å². The van der Waals surface area contributed by atoms with Crippen molar-refractivity contribution in [2.45, 2.75) is 39.5 Å². The molecule has 0 aliphatic rings. The van der Waals surface area contributed by atoms with E-state index in [-0.39, 0.29) is 11.8 Å². The highest BCUT2D eigenvalue weighted by Gasteiger charge is 2.07. The molecule has 0 radical (unpaired) electrons. The molecule has 2 N–H and O–H groups in total. The number of rotatable bonds is 8. The fourth-order valence-electron chi connectivity index (χ4n) is 1.97. The smallest absolute Gasteiger partial charge is 0.224 e. The number of carbonyl (C=O) groups is 2. The third-order valence-corrected chi connectivity index (χ3v) is 3.09. The van der Waals surface area contributed by atoms with Crippen LogP contribution in [0.15, 0.2) is 18.2 Å². The maximum atomic E-state index is 11.9. The molecular weight excluding hydrogens is 268 g/mol. The number of unbranched alkanes of at least 4 members (excludes halogenated alkanes) is 2. The summed E-state index contributed by atoms with van der Waals surface area (Å²) in [5.74, 6) is 0.643. The van der Waals surface area contributed by atoms with Crippen LogP contribution >= 0.6 is 0 Å². The molecule has 21 heavy (non-hydrogen) atoms. The number of anilines is 1. The van der Waals surface area contributed by atoms with Crippen molar-refractivity contribution in [3.63, 3.8) is 0 Å². The molecule has 1 aromatic carbocycles. The lowest BCUT2D eigenvalue weighted by Gasteiger charge is -2.11. The zero-order chi connectivity index (χ0) is 15.7. The van der Waals surface area contributed by atoms with Crippen LogP contribution in [0, 0.1) is 6.92 Å². The number of carbonyl (C=O) groups excluding carboxylic acids is 2. The van der Waals surface area contributed by atoms with E-state index >= 15 is 0 Å². The number of hydrogen-bond donors (Lipinski definition) is 2. The molecule has 0 spiro atoms. The molecule has 0 aliphatic heterocycles. The molecule has 0 saturated heterocycles. The molecule has 0 aliphatic carbocycles. The molecule has 0 atom stereocenters. The van der Waals surface area contributed by atoms with Crippen molar-refractivity contribution in [2.75, 3.05) is 19.0 Å². The Morgan fingerprint density at radius 1 is 1.19 bits per heavy atom. The van der Waals surface area contributed by atoms with Gasteiger partial charge in [-0.15, -0.1) is 0 Å². The Hall–Kier alpha value is -2.04. The number of ether oxygens (including phenoxy) is 1. The predicted octanol–water partition coefficient (Wildman–Crippen LogP) is 2.64. The zero-order valence-electron chi connectivity index (χ0n) is 13.0. The normalized spacial score (nSPS) is 10.0. The van der Waals surface area contributed by atoms with E-state index in [0.29, 0.717) is 24.4 Å². The van der Waals surface area contributed by atoms with Gasteiger partial charge in [-0.3, -0.25) is 9.59 Å².